The van der Waals surface area contributed by atoms with Crippen LogP contribution in [0.4, 0.5) is 0 Å². The van der Waals surface area contributed by atoms with Gasteiger partial charge in [-0.15, -0.1) is 0 Å². The summed E-state index contributed by atoms with van der Waals surface area (Å²) < 4.78 is 0. The summed E-state index contributed by atoms with van der Waals surface area (Å²) in [5, 5.41) is 3.74. The highest BCUT2D eigenvalue weighted by atomic mass is 15.2. The second-order valence-electron chi connectivity index (χ2n) is 6.39. The Morgan fingerprint density at radius 3 is 2.19 bits per heavy atom. The predicted octanol–water partition coefficient (Wildman–Crippen LogP) is 4.54. The molecule has 0 aliphatic heterocycles. The third-order valence-electron chi connectivity index (χ3n) is 4.58. The molecule has 0 fully saturated rings. The molecular weight excluding hydrogens is 256 g/mol. The van der Waals surface area contributed by atoms with Gasteiger partial charge in [-0.2, -0.15) is 0 Å². The molecule has 2 nitrogen and oxygen atoms in total. The minimum Gasteiger partial charge on any atom is -0.309 e. The SMILES string of the molecule is CCCNC(c1ccc(C)cc1)C(C)N(C)C(C)CCC. The van der Waals surface area contributed by atoms with Crippen LogP contribution in [0.15, 0.2) is 24.3 Å². The van der Waals surface area contributed by atoms with Gasteiger partial charge in [0.2, 0.25) is 0 Å². The number of hydrogen-bond donors (Lipinski definition) is 1. The van der Waals surface area contributed by atoms with Gasteiger partial charge >= 0.3 is 0 Å². The second kappa shape index (κ2) is 9.22. The Kier molecular flexibility index (Phi) is 7.98. The minimum atomic E-state index is 0.398. The van der Waals surface area contributed by atoms with E-state index in [1.165, 1.54) is 30.4 Å². The summed E-state index contributed by atoms with van der Waals surface area (Å²) in [5.74, 6) is 0. The molecular formula is C19H34N2. The monoisotopic (exact) mass is 290 g/mol. The zero-order chi connectivity index (χ0) is 15.8. The second-order valence-corrected chi connectivity index (χ2v) is 6.39. The van der Waals surface area contributed by atoms with Crippen molar-refractivity contribution in [3.05, 3.63) is 35.4 Å². The first kappa shape index (κ1) is 18.2. The topological polar surface area (TPSA) is 15.3 Å². The van der Waals surface area contributed by atoms with E-state index in [9.17, 15) is 0 Å². The Bertz CT molecular complexity index is 385. The molecule has 0 radical (unpaired) electrons. The van der Waals surface area contributed by atoms with E-state index in [1.807, 2.05) is 0 Å². The zero-order valence-electron chi connectivity index (χ0n) is 14.8. The molecule has 120 valence electrons. The zero-order valence-corrected chi connectivity index (χ0v) is 14.8. The van der Waals surface area contributed by atoms with E-state index in [0.29, 0.717) is 18.1 Å². The summed E-state index contributed by atoms with van der Waals surface area (Å²) in [6, 6.07) is 10.5. The molecule has 0 aliphatic carbocycles. The van der Waals surface area contributed by atoms with Gasteiger partial charge in [-0.3, -0.25) is 4.90 Å². The molecule has 3 unspecified atom stereocenters. The standard InChI is InChI=1S/C19H34N2/c1-7-9-16(4)21(6)17(5)19(20-14-8-2)18-12-10-15(3)11-13-18/h10-13,16-17,19-20H,7-9,14H2,1-6H3. The molecule has 1 rings (SSSR count). The highest BCUT2D eigenvalue weighted by Crippen LogP contribution is 2.23. The summed E-state index contributed by atoms with van der Waals surface area (Å²) in [7, 11) is 2.26. The van der Waals surface area contributed by atoms with E-state index in [0.717, 1.165) is 6.54 Å². The molecule has 0 saturated heterocycles. The number of rotatable bonds is 9. The summed E-state index contributed by atoms with van der Waals surface area (Å²) in [5.41, 5.74) is 2.73. The molecule has 0 spiro atoms. The number of benzene rings is 1. The highest BCUT2D eigenvalue weighted by Gasteiger charge is 2.24. The molecule has 0 heterocycles. The third-order valence-corrected chi connectivity index (χ3v) is 4.58. The van der Waals surface area contributed by atoms with Crippen LogP contribution in [0.1, 0.15) is 64.1 Å². The molecule has 2 heteroatoms. The van der Waals surface area contributed by atoms with Crippen molar-refractivity contribution >= 4 is 0 Å². The van der Waals surface area contributed by atoms with Crippen molar-refractivity contribution < 1.29 is 0 Å². The van der Waals surface area contributed by atoms with Crippen molar-refractivity contribution in [3.63, 3.8) is 0 Å². The Morgan fingerprint density at radius 2 is 1.67 bits per heavy atom. The first-order chi connectivity index (χ1) is 10.0. The van der Waals surface area contributed by atoms with Crippen LogP contribution < -0.4 is 5.32 Å². The van der Waals surface area contributed by atoms with Gasteiger partial charge in [0.15, 0.2) is 0 Å². The average molecular weight is 290 g/mol. The van der Waals surface area contributed by atoms with Crippen molar-refractivity contribution in [2.75, 3.05) is 13.6 Å². The van der Waals surface area contributed by atoms with Crippen molar-refractivity contribution in [1.82, 2.24) is 10.2 Å². The average Bonchev–Trinajstić information content (AvgIpc) is 2.48. The molecule has 21 heavy (non-hydrogen) atoms. The maximum Gasteiger partial charge on any atom is 0.0475 e. The lowest BCUT2D eigenvalue weighted by molar-refractivity contribution is 0.151. The van der Waals surface area contributed by atoms with E-state index in [1.54, 1.807) is 0 Å². The van der Waals surface area contributed by atoms with E-state index in [4.69, 9.17) is 0 Å². The Balaban J connectivity index is 2.87. The van der Waals surface area contributed by atoms with E-state index >= 15 is 0 Å². The Labute approximate surface area is 131 Å². The first-order valence-corrected chi connectivity index (χ1v) is 8.53. The lowest BCUT2D eigenvalue weighted by Crippen LogP contribution is -2.45. The largest absolute Gasteiger partial charge is 0.309 e. The molecule has 1 N–H and O–H groups in total. The fourth-order valence-electron chi connectivity index (χ4n) is 2.90. The van der Waals surface area contributed by atoms with Gasteiger partial charge in [0.05, 0.1) is 0 Å². The highest BCUT2D eigenvalue weighted by molar-refractivity contribution is 5.25. The van der Waals surface area contributed by atoms with Gasteiger partial charge in [-0.25, -0.2) is 0 Å². The van der Waals surface area contributed by atoms with Gasteiger partial charge in [-0.1, -0.05) is 50.1 Å². The van der Waals surface area contributed by atoms with Gasteiger partial charge in [-0.05, 0) is 52.8 Å². The van der Waals surface area contributed by atoms with Crippen LogP contribution in [0.25, 0.3) is 0 Å². The van der Waals surface area contributed by atoms with E-state index in [2.05, 4.69) is 76.1 Å². The van der Waals surface area contributed by atoms with Crippen LogP contribution in [0.3, 0.4) is 0 Å². The number of aryl methyl sites for hydroxylation is 1. The van der Waals surface area contributed by atoms with Crippen LogP contribution in [0.2, 0.25) is 0 Å². The summed E-state index contributed by atoms with van der Waals surface area (Å²) >= 11 is 0. The van der Waals surface area contributed by atoms with Crippen molar-refractivity contribution in [1.29, 1.82) is 0 Å². The van der Waals surface area contributed by atoms with Crippen molar-refractivity contribution in [3.8, 4) is 0 Å². The van der Waals surface area contributed by atoms with Crippen molar-refractivity contribution in [2.45, 2.75) is 72.0 Å². The fourth-order valence-corrected chi connectivity index (χ4v) is 2.90. The van der Waals surface area contributed by atoms with E-state index in [-0.39, 0.29) is 0 Å². The Hall–Kier alpha value is -0.860. The molecule has 0 aromatic heterocycles. The molecule has 1 aromatic carbocycles. The van der Waals surface area contributed by atoms with Crippen molar-refractivity contribution in [2.24, 2.45) is 0 Å². The van der Waals surface area contributed by atoms with Crippen LogP contribution >= 0.6 is 0 Å². The summed E-state index contributed by atoms with van der Waals surface area (Å²) in [6.45, 7) is 12.4. The number of hydrogen-bond acceptors (Lipinski definition) is 2. The van der Waals surface area contributed by atoms with Gasteiger partial charge < -0.3 is 5.32 Å². The van der Waals surface area contributed by atoms with Crippen LogP contribution in [0, 0.1) is 6.92 Å². The molecule has 1 aromatic rings. The minimum absolute atomic E-state index is 0.398. The molecule has 0 aliphatic rings. The fraction of sp³-hybridized carbons (Fsp3) is 0.684. The third kappa shape index (κ3) is 5.44. The number of nitrogens with zero attached hydrogens (tertiary/aromatic N) is 1. The maximum absolute atomic E-state index is 3.74. The lowest BCUT2D eigenvalue weighted by atomic mass is 9.96. The molecule has 0 amide bonds. The summed E-state index contributed by atoms with van der Waals surface area (Å²) in [6.07, 6.45) is 3.67. The smallest absolute Gasteiger partial charge is 0.0475 e. The van der Waals surface area contributed by atoms with E-state index < -0.39 is 0 Å². The van der Waals surface area contributed by atoms with Gasteiger partial charge in [0, 0.05) is 18.1 Å². The maximum atomic E-state index is 3.74. The van der Waals surface area contributed by atoms with Crippen LogP contribution in [0.5, 0.6) is 0 Å². The van der Waals surface area contributed by atoms with Crippen LogP contribution in [-0.2, 0) is 0 Å². The number of nitrogens with one attached hydrogen (secondary N) is 1. The quantitative estimate of drug-likeness (QED) is 0.718. The Morgan fingerprint density at radius 1 is 1.05 bits per heavy atom. The number of likely N-dealkylation sites (N-methyl/N-ethyl adjacent to an activating group) is 1. The summed E-state index contributed by atoms with van der Waals surface area (Å²) in [4.78, 5) is 2.52. The lowest BCUT2D eigenvalue weighted by Gasteiger charge is -2.37. The first-order valence-electron chi connectivity index (χ1n) is 8.53. The predicted molar refractivity (Wildman–Crippen MR) is 93.8 cm³/mol. The molecule has 0 saturated carbocycles. The van der Waals surface area contributed by atoms with Gasteiger partial charge in [0.1, 0.15) is 0 Å². The normalized spacial score (nSPS) is 16.0. The molecule has 0 bridgehead atoms. The van der Waals surface area contributed by atoms with Gasteiger partial charge in [0.25, 0.3) is 0 Å². The molecule has 3 atom stereocenters. The van der Waals surface area contributed by atoms with Crippen LogP contribution in [-0.4, -0.2) is 30.6 Å².